The summed E-state index contributed by atoms with van der Waals surface area (Å²) in [6.45, 7) is 7.52. The Morgan fingerprint density at radius 1 is 1.30 bits per heavy atom. The fourth-order valence-corrected chi connectivity index (χ4v) is 2.06. The topological polar surface area (TPSA) is 74.7 Å². The van der Waals surface area contributed by atoms with Crippen molar-refractivity contribution in [2.45, 2.75) is 46.1 Å². The van der Waals surface area contributed by atoms with Crippen LogP contribution in [-0.2, 0) is 6.54 Å². The summed E-state index contributed by atoms with van der Waals surface area (Å²) in [7, 11) is 0. The van der Waals surface area contributed by atoms with E-state index in [0.29, 0.717) is 5.69 Å². The summed E-state index contributed by atoms with van der Waals surface area (Å²) in [5.74, 6) is 0.0560. The Kier molecular flexibility index (Phi) is 7.65. The van der Waals surface area contributed by atoms with Crippen molar-refractivity contribution in [1.82, 2.24) is 9.88 Å². The number of nitrogens with two attached hydrogens (primary N) is 1. The van der Waals surface area contributed by atoms with Gasteiger partial charge in [0.15, 0.2) is 5.84 Å². The highest BCUT2D eigenvalue weighted by Crippen LogP contribution is 2.09. The highest BCUT2D eigenvalue weighted by atomic mass is 16.4. The number of nitrogens with zero attached hydrogens (tertiary/aromatic N) is 3. The second-order valence-corrected chi connectivity index (χ2v) is 5.02. The molecule has 0 aliphatic carbocycles. The van der Waals surface area contributed by atoms with E-state index in [1.54, 1.807) is 6.20 Å². The molecule has 0 aliphatic rings. The van der Waals surface area contributed by atoms with Gasteiger partial charge in [0.05, 0.1) is 0 Å². The highest BCUT2D eigenvalue weighted by molar-refractivity contribution is 5.95. The van der Waals surface area contributed by atoms with Crippen LogP contribution in [0.25, 0.3) is 0 Å². The van der Waals surface area contributed by atoms with Crippen LogP contribution in [0.15, 0.2) is 23.5 Å². The first kappa shape index (κ1) is 16.4. The standard InChI is InChI=1S/C15H26N4O/c1-3-5-9-19(10-6-4-2)12-13-7-8-17-14(11-13)15(16)18-20/h7-8,11,20H,3-6,9-10,12H2,1-2H3,(H2,16,18). The number of pyridine rings is 1. The predicted octanol–water partition coefficient (Wildman–Crippen LogP) is 2.58. The van der Waals surface area contributed by atoms with E-state index in [9.17, 15) is 0 Å². The Balaban J connectivity index is 2.71. The molecule has 5 nitrogen and oxygen atoms in total. The van der Waals surface area contributed by atoms with E-state index < -0.39 is 0 Å². The lowest BCUT2D eigenvalue weighted by Crippen LogP contribution is -2.26. The van der Waals surface area contributed by atoms with Gasteiger partial charge in [-0.25, -0.2) is 0 Å². The lowest BCUT2D eigenvalue weighted by molar-refractivity contribution is 0.257. The van der Waals surface area contributed by atoms with E-state index in [4.69, 9.17) is 10.9 Å². The van der Waals surface area contributed by atoms with Crippen LogP contribution in [0, 0.1) is 0 Å². The zero-order valence-electron chi connectivity index (χ0n) is 12.5. The van der Waals surface area contributed by atoms with Gasteiger partial charge in [0, 0.05) is 12.7 Å². The van der Waals surface area contributed by atoms with Gasteiger partial charge in [0.25, 0.3) is 0 Å². The summed E-state index contributed by atoms with van der Waals surface area (Å²) >= 11 is 0. The third kappa shape index (κ3) is 5.57. The number of aromatic nitrogens is 1. The van der Waals surface area contributed by atoms with Gasteiger partial charge < -0.3 is 10.9 Å². The maximum atomic E-state index is 8.71. The molecular weight excluding hydrogens is 252 g/mol. The predicted molar refractivity (Wildman–Crippen MR) is 81.8 cm³/mol. The van der Waals surface area contributed by atoms with Crippen molar-refractivity contribution in [1.29, 1.82) is 0 Å². The first-order valence-corrected chi connectivity index (χ1v) is 7.36. The number of amidine groups is 1. The second-order valence-electron chi connectivity index (χ2n) is 5.02. The molecule has 0 spiro atoms. The Labute approximate surface area is 121 Å². The van der Waals surface area contributed by atoms with Crippen molar-refractivity contribution in [2.75, 3.05) is 13.1 Å². The Bertz CT molecular complexity index is 412. The fourth-order valence-electron chi connectivity index (χ4n) is 2.06. The quantitative estimate of drug-likeness (QED) is 0.315. The van der Waals surface area contributed by atoms with Crippen LogP contribution >= 0.6 is 0 Å². The van der Waals surface area contributed by atoms with Crippen molar-refractivity contribution < 1.29 is 5.21 Å². The van der Waals surface area contributed by atoms with E-state index in [1.807, 2.05) is 12.1 Å². The van der Waals surface area contributed by atoms with Gasteiger partial charge in [-0.05, 0) is 43.6 Å². The second kappa shape index (κ2) is 9.31. The largest absolute Gasteiger partial charge is 0.409 e. The minimum atomic E-state index is 0.0560. The number of oxime groups is 1. The zero-order valence-corrected chi connectivity index (χ0v) is 12.5. The molecule has 20 heavy (non-hydrogen) atoms. The Morgan fingerprint density at radius 2 is 1.95 bits per heavy atom. The molecule has 0 aliphatic heterocycles. The molecule has 0 unspecified atom stereocenters. The van der Waals surface area contributed by atoms with Crippen LogP contribution in [0.4, 0.5) is 0 Å². The smallest absolute Gasteiger partial charge is 0.188 e. The molecule has 0 saturated heterocycles. The van der Waals surface area contributed by atoms with Crippen molar-refractivity contribution in [3.05, 3.63) is 29.6 Å². The first-order valence-electron chi connectivity index (χ1n) is 7.36. The molecule has 0 saturated carbocycles. The molecule has 112 valence electrons. The van der Waals surface area contributed by atoms with E-state index in [0.717, 1.165) is 25.2 Å². The van der Waals surface area contributed by atoms with Crippen molar-refractivity contribution in [3.63, 3.8) is 0 Å². The molecular formula is C15H26N4O. The number of hydrogen-bond donors (Lipinski definition) is 2. The molecule has 1 aromatic rings. The molecule has 0 atom stereocenters. The van der Waals surface area contributed by atoms with Crippen molar-refractivity contribution >= 4 is 5.84 Å². The molecule has 0 bridgehead atoms. The normalized spacial score (nSPS) is 12.1. The third-order valence-corrected chi connectivity index (χ3v) is 3.26. The summed E-state index contributed by atoms with van der Waals surface area (Å²) in [4.78, 5) is 6.56. The van der Waals surface area contributed by atoms with E-state index in [1.165, 1.54) is 25.7 Å². The van der Waals surface area contributed by atoms with Crippen LogP contribution < -0.4 is 5.73 Å². The highest BCUT2D eigenvalue weighted by Gasteiger charge is 2.07. The van der Waals surface area contributed by atoms with Gasteiger partial charge in [-0.1, -0.05) is 31.8 Å². The van der Waals surface area contributed by atoms with Gasteiger partial charge in [-0.15, -0.1) is 0 Å². The van der Waals surface area contributed by atoms with Gasteiger partial charge in [-0.2, -0.15) is 0 Å². The van der Waals surface area contributed by atoms with E-state index >= 15 is 0 Å². The monoisotopic (exact) mass is 278 g/mol. The third-order valence-electron chi connectivity index (χ3n) is 3.26. The zero-order chi connectivity index (χ0) is 14.8. The van der Waals surface area contributed by atoms with E-state index in [2.05, 4.69) is 28.9 Å². The van der Waals surface area contributed by atoms with Crippen LogP contribution in [0.1, 0.15) is 50.8 Å². The lowest BCUT2D eigenvalue weighted by Gasteiger charge is -2.22. The summed E-state index contributed by atoms with van der Waals surface area (Å²) in [5, 5.41) is 11.7. The number of hydrogen-bond acceptors (Lipinski definition) is 4. The summed E-state index contributed by atoms with van der Waals surface area (Å²) in [6.07, 6.45) is 6.53. The summed E-state index contributed by atoms with van der Waals surface area (Å²) in [5.41, 5.74) is 7.25. The molecule has 5 heteroatoms. The number of rotatable bonds is 9. The molecule has 3 N–H and O–H groups in total. The van der Waals surface area contributed by atoms with Gasteiger partial charge in [0.1, 0.15) is 5.69 Å². The maximum Gasteiger partial charge on any atom is 0.188 e. The van der Waals surface area contributed by atoms with Crippen LogP contribution in [-0.4, -0.2) is 34.0 Å². The maximum absolute atomic E-state index is 8.71. The van der Waals surface area contributed by atoms with Crippen LogP contribution in [0.3, 0.4) is 0 Å². The Hall–Kier alpha value is -1.62. The van der Waals surface area contributed by atoms with Crippen molar-refractivity contribution in [3.8, 4) is 0 Å². The molecule has 0 radical (unpaired) electrons. The molecule has 1 aromatic heterocycles. The fraction of sp³-hybridized carbons (Fsp3) is 0.600. The molecule has 0 aromatic carbocycles. The number of unbranched alkanes of at least 4 members (excludes halogenated alkanes) is 2. The van der Waals surface area contributed by atoms with Gasteiger partial charge in [0.2, 0.25) is 0 Å². The van der Waals surface area contributed by atoms with Crippen LogP contribution in [0.5, 0.6) is 0 Å². The van der Waals surface area contributed by atoms with E-state index in [-0.39, 0.29) is 5.84 Å². The Morgan fingerprint density at radius 3 is 2.50 bits per heavy atom. The van der Waals surface area contributed by atoms with Gasteiger partial charge in [-0.3, -0.25) is 9.88 Å². The lowest BCUT2D eigenvalue weighted by atomic mass is 10.2. The average molecular weight is 278 g/mol. The minimum Gasteiger partial charge on any atom is -0.409 e. The first-order chi connectivity index (χ1) is 9.71. The average Bonchev–Trinajstić information content (AvgIpc) is 2.49. The molecule has 1 rings (SSSR count). The van der Waals surface area contributed by atoms with Gasteiger partial charge >= 0.3 is 0 Å². The molecule has 1 heterocycles. The molecule has 0 amide bonds. The summed E-state index contributed by atoms with van der Waals surface area (Å²) < 4.78 is 0. The SMILES string of the molecule is CCCCN(CCCC)Cc1ccnc(C(N)=NO)c1. The summed E-state index contributed by atoms with van der Waals surface area (Å²) in [6, 6.07) is 3.87. The minimum absolute atomic E-state index is 0.0560. The van der Waals surface area contributed by atoms with Crippen molar-refractivity contribution in [2.24, 2.45) is 10.9 Å². The van der Waals surface area contributed by atoms with Crippen LogP contribution in [0.2, 0.25) is 0 Å². The molecule has 0 fully saturated rings.